The van der Waals surface area contributed by atoms with Crippen molar-refractivity contribution >= 4 is 53.0 Å². The van der Waals surface area contributed by atoms with Gasteiger partial charge in [0.15, 0.2) is 0 Å². The second kappa shape index (κ2) is 35.6. The first kappa shape index (κ1) is 60.9. The van der Waals surface area contributed by atoms with Crippen molar-refractivity contribution < 1.29 is 85.9 Å². The van der Waals surface area contributed by atoms with E-state index < -0.39 is 52.7 Å². The van der Waals surface area contributed by atoms with Crippen molar-refractivity contribution in [1.82, 2.24) is 15.5 Å². The van der Waals surface area contributed by atoms with E-state index in [0.29, 0.717) is 104 Å². The second-order valence-corrected chi connectivity index (χ2v) is 16.0. The number of benzene rings is 2. The Labute approximate surface area is 423 Å². The number of nitrogens with one attached hydrogen (secondary N) is 2. The molecule has 0 aromatic heterocycles. The van der Waals surface area contributed by atoms with Gasteiger partial charge in [0, 0.05) is 55.9 Å². The summed E-state index contributed by atoms with van der Waals surface area (Å²) in [6.07, 6.45) is 1.31. The Hall–Kier alpha value is -6.45. The summed E-state index contributed by atoms with van der Waals surface area (Å²) in [7, 11) is 0. The summed E-state index contributed by atoms with van der Waals surface area (Å²) in [5.74, 6) is -3.20. The van der Waals surface area contributed by atoms with Gasteiger partial charge in [0.1, 0.15) is 24.4 Å². The number of primary amides is 1. The van der Waals surface area contributed by atoms with Gasteiger partial charge >= 0.3 is 6.16 Å². The average molecular weight is 1030 g/mol. The van der Waals surface area contributed by atoms with Crippen LogP contribution in [0.2, 0.25) is 0 Å². The lowest BCUT2D eigenvalue weighted by Gasteiger charge is -2.33. The minimum atomic E-state index is -1.08. The van der Waals surface area contributed by atoms with Crippen molar-refractivity contribution in [1.29, 1.82) is 0 Å². The minimum Gasteiger partial charge on any atom is -0.429 e. The highest BCUT2D eigenvalue weighted by molar-refractivity contribution is 6.13. The highest BCUT2D eigenvalue weighted by Crippen LogP contribution is 2.23. The molecule has 2 atom stereocenters. The predicted molar refractivity (Wildman–Crippen MR) is 258 cm³/mol. The second-order valence-electron chi connectivity index (χ2n) is 16.0. The Kier molecular flexibility index (Phi) is 29.7. The maximum absolute atomic E-state index is 13.9. The number of imide groups is 1. The summed E-state index contributed by atoms with van der Waals surface area (Å²) in [5.41, 5.74) is 6.27. The van der Waals surface area contributed by atoms with Gasteiger partial charge in [-0.1, -0.05) is 26.0 Å². The Morgan fingerprint density at radius 2 is 1.11 bits per heavy atom. The number of nitro benzene ring substituents is 1. The molecule has 3 rings (SSSR count). The highest BCUT2D eigenvalue weighted by atomic mass is 16.7. The van der Waals surface area contributed by atoms with E-state index in [0.717, 1.165) is 4.90 Å². The first-order chi connectivity index (χ1) is 35.2. The first-order valence-corrected chi connectivity index (χ1v) is 23.7. The molecule has 0 aliphatic carbocycles. The molecule has 0 saturated heterocycles. The fraction of sp³-hybridized carbons (Fsp3) is 0.562. The third-order valence-electron chi connectivity index (χ3n) is 10.2. The van der Waals surface area contributed by atoms with Crippen molar-refractivity contribution in [2.24, 2.45) is 11.7 Å². The number of hydrogen-bond donors (Lipinski definition) is 3. The normalized spacial score (nSPS) is 13.0. The molecule has 0 bridgehead atoms. The molecule has 1 aliphatic rings. The van der Waals surface area contributed by atoms with E-state index in [4.69, 9.17) is 53.1 Å². The van der Waals surface area contributed by atoms with Crippen LogP contribution in [0.1, 0.15) is 39.2 Å². The quantitative estimate of drug-likeness (QED) is 0.0213. The number of ether oxygens (including phenoxy) is 10. The summed E-state index contributed by atoms with van der Waals surface area (Å²) >= 11 is 0. The summed E-state index contributed by atoms with van der Waals surface area (Å²) < 4.78 is 54.0. The number of nitro groups is 1. The predicted octanol–water partition coefficient (Wildman–Crippen LogP) is 1.61. The Morgan fingerprint density at radius 3 is 1.56 bits per heavy atom. The molecule has 25 heteroatoms. The van der Waals surface area contributed by atoms with Crippen LogP contribution < -0.4 is 26.0 Å². The lowest BCUT2D eigenvalue weighted by molar-refractivity contribution is -0.384. The lowest BCUT2D eigenvalue weighted by Crippen LogP contribution is -2.56. The molecule has 0 spiro atoms. The molecule has 4 N–H and O–H groups in total. The Morgan fingerprint density at radius 1 is 0.644 bits per heavy atom. The SMILES string of the molecule is CC(C)[C@H](NC(=O)CCOCCOCCOCCOCCOCCOCCOCCOCCNC(=O)CCN1C(=O)C=CC1=O)C(=O)N(c1ccc(COC(=O)Oc2ccc([N+](=O)[O-])cc2)cc1)[C@@H](C)C(N)=O. The number of non-ortho nitro benzene ring substituents is 1. The highest BCUT2D eigenvalue weighted by Gasteiger charge is 2.34. The number of nitrogens with zero attached hydrogens (tertiary/aromatic N) is 3. The van der Waals surface area contributed by atoms with Gasteiger partial charge in [0.2, 0.25) is 17.7 Å². The molecule has 25 nitrogen and oxygen atoms in total. The zero-order valence-corrected chi connectivity index (χ0v) is 41.5. The van der Waals surface area contributed by atoms with Crippen LogP contribution >= 0.6 is 0 Å². The molecule has 404 valence electrons. The number of nitrogens with two attached hydrogens (primary N) is 1. The van der Waals surface area contributed by atoms with E-state index in [-0.39, 0.29) is 69.1 Å². The zero-order valence-electron chi connectivity index (χ0n) is 41.5. The molecule has 2 aromatic carbocycles. The number of hydrogen-bond acceptors (Lipinski definition) is 19. The maximum atomic E-state index is 13.9. The minimum absolute atomic E-state index is 0.0272. The zero-order chi connectivity index (χ0) is 53.2. The van der Waals surface area contributed by atoms with Gasteiger partial charge in [-0.2, -0.15) is 0 Å². The monoisotopic (exact) mass is 1030 g/mol. The van der Waals surface area contributed by atoms with E-state index in [1.807, 2.05) is 0 Å². The summed E-state index contributed by atoms with van der Waals surface area (Å²) in [6.45, 7) is 10.5. The van der Waals surface area contributed by atoms with E-state index in [1.54, 1.807) is 38.1 Å². The third kappa shape index (κ3) is 25.2. The van der Waals surface area contributed by atoms with E-state index in [9.17, 15) is 43.7 Å². The van der Waals surface area contributed by atoms with Crippen LogP contribution in [0.25, 0.3) is 0 Å². The van der Waals surface area contributed by atoms with Gasteiger partial charge in [-0.3, -0.25) is 48.7 Å². The largest absolute Gasteiger partial charge is 0.514 e. The number of anilines is 1. The Bertz CT molecular complexity index is 2040. The molecule has 2 aromatic rings. The van der Waals surface area contributed by atoms with Gasteiger partial charge in [0.25, 0.3) is 23.4 Å². The standard InChI is InChI=1S/C48H68N6O19/c1-35(2)45(47(60)53(36(3)46(49)59)38-6-4-37(5-7-38)34-72-48(61)73-40-10-8-39(9-11-40)54(62)63)51-42(56)15-18-64-20-22-66-24-26-68-28-30-70-32-33-71-31-29-69-27-25-67-23-21-65-19-16-50-41(55)14-17-52-43(57)12-13-44(52)58/h4-13,35-36,45H,14-34H2,1-3H3,(H2,49,59)(H,50,55)(H,51,56)/t36-,45-/m0/s1. The topological polar surface area (TPSA) is 311 Å². The summed E-state index contributed by atoms with van der Waals surface area (Å²) in [5, 5.41) is 16.3. The molecule has 1 aliphatic heterocycles. The molecular weight excluding hydrogens is 965 g/mol. The average Bonchev–Trinajstić information content (AvgIpc) is 3.69. The van der Waals surface area contributed by atoms with Gasteiger partial charge in [-0.15, -0.1) is 0 Å². The van der Waals surface area contributed by atoms with E-state index in [2.05, 4.69) is 10.6 Å². The lowest BCUT2D eigenvalue weighted by atomic mass is 10.0. The molecule has 0 unspecified atom stereocenters. The van der Waals surface area contributed by atoms with Crippen molar-refractivity contribution in [3.05, 3.63) is 76.4 Å². The first-order valence-electron chi connectivity index (χ1n) is 23.7. The molecule has 1 heterocycles. The van der Waals surface area contributed by atoms with Crippen LogP contribution in [-0.4, -0.2) is 182 Å². The Balaban J connectivity index is 1.13. The van der Waals surface area contributed by atoms with Crippen LogP contribution in [0, 0.1) is 16.0 Å². The smallest absolute Gasteiger partial charge is 0.429 e. The van der Waals surface area contributed by atoms with Crippen LogP contribution in [0.4, 0.5) is 16.2 Å². The van der Waals surface area contributed by atoms with Crippen LogP contribution in [0.15, 0.2) is 60.7 Å². The van der Waals surface area contributed by atoms with Gasteiger partial charge in [-0.25, -0.2) is 4.79 Å². The van der Waals surface area contributed by atoms with Crippen molar-refractivity contribution in [2.75, 3.05) is 124 Å². The molecule has 73 heavy (non-hydrogen) atoms. The van der Waals surface area contributed by atoms with Crippen molar-refractivity contribution in [3.63, 3.8) is 0 Å². The van der Waals surface area contributed by atoms with E-state index in [1.165, 1.54) is 48.2 Å². The summed E-state index contributed by atoms with van der Waals surface area (Å²) in [4.78, 5) is 98.6. The fourth-order valence-electron chi connectivity index (χ4n) is 6.26. The van der Waals surface area contributed by atoms with Crippen LogP contribution in [0.5, 0.6) is 5.75 Å². The van der Waals surface area contributed by atoms with Gasteiger partial charge in [-0.05, 0) is 42.7 Å². The third-order valence-corrected chi connectivity index (χ3v) is 10.2. The number of amides is 6. The molecule has 0 fully saturated rings. The number of carbonyl (C=O) groups excluding carboxylic acids is 7. The van der Waals surface area contributed by atoms with Gasteiger partial charge in [0.05, 0.1) is 111 Å². The van der Waals surface area contributed by atoms with Crippen LogP contribution in [0.3, 0.4) is 0 Å². The van der Waals surface area contributed by atoms with Crippen LogP contribution in [-0.2, 0) is 78.0 Å². The number of carbonyl (C=O) groups is 7. The molecule has 6 amide bonds. The molecule has 0 saturated carbocycles. The molecule has 0 radical (unpaired) electrons. The van der Waals surface area contributed by atoms with Gasteiger partial charge < -0.3 is 63.7 Å². The number of rotatable bonds is 40. The molecular formula is C48H68N6O19. The van der Waals surface area contributed by atoms with Crippen molar-refractivity contribution in [2.45, 2.75) is 52.3 Å². The van der Waals surface area contributed by atoms with E-state index >= 15 is 0 Å². The fourth-order valence-corrected chi connectivity index (χ4v) is 6.26. The summed E-state index contributed by atoms with van der Waals surface area (Å²) in [6, 6.07) is 9.02. The van der Waals surface area contributed by atoms with Crippen molar-refractivity contribution in [3.8, 4) is 5.75 Å². The maximum Gasteiger partial charge on any atom is 0.514 e.